The van der Waals surface area contributed by atoms with Gasteiger partial charge in [-0.05, 0) is 25.8 Å². The fourth-order valence-corrected chi connectivity index (χ4v) is 3.13. The molecule has 0 atom stereocenters. The third-order valence-corrected chi connectivity index (χ3v) is 4.58. The number of amides is 2. The maximum absolute atomic E-state index is 12.2. The first kappa shape index (κ1) is 16.9. The van der Waals surface area contributed by atoms with E-state index in [0.29, 0.717) is 23.0 Å². The van der Waals surface area contributed by atoms with Crippen LogP contribution in [-0.4, -0.2) is 33.6 Å². The Bertz CT molecular complexity index is 749. The third kappa shape index (κ3) is 3.67. The highest BCUT2D eigenvalue weighted by atomic mass is 32.1. The summed E-state index contributed by atoms with van der Waals surface area (Å²) in [7, 11) is 3.56. The summed E-state index contributed by atoms with van der Waals surface area (Å²) in [4.78, 5) is 27.6. The van der Waals surface area contributed by atoms with E-state index in [1.165, 1.54) is 11.3 Å². The van der Waals surface area contributed by atoms with Crippen molar-refractivity contribution in [3.05, 3.63) is 22.6 Å². The van der Waals surface area contributed by atoms with Crippen molar-refractivity contribution in [2.45, 2.75) is 26.7 Å². The second-order valence-corrected chi connectivity index (χ2v) is 6.13. The number of carbonyl (C=O) groups excluding carboxylic acids is 2. The number of aryl methyl sites for hydroxylation is 2. The molecule has 124 valence electrons. The zero-order valence-electron chi connectivity index (χ0n) is 13.6. The largest absolute Gasteiger partial charge is 0.365 e. The van der Waals surface area contributed by atoms with Crippen LogP contribution in [0.15, 0.2) is 0 Å². The maximum atomic E-state index is 12.2. The van der Waals surface area contributed by atoms with Crippen LogP contribution in [0.25, 0.3) is 0 Å². The molecule has 23 heavy (non-hydrogen) atoms. The highest BCUT2D eigenvalue weighted by molar-refractivity contribution is 7.20. The molecular weight excluding hydrogens is 316 g/mol. The molecule has 0 aliphatic carbocycles. The number of hydrogen-bond donors (Lipinski definition) is 3. The Hall–Kier alpha value is -2.42. The second kappa shape index (κ2) is 6.78. The van der Waals surface area contributed by atoms with E-state index in [1.807, 2.05) is 20.9 Å². The summed E-state index contributed by atoms with van der Waals surface area (Å²) in [5.74, 6) is -0.863. The van der Waals surface area contributed by atoms with Gasteiger partial charge < -0.3 is 16.4 Å². The smallest absolute Gasteiger partial charge is 0.270 e. The van der Waals surface area contributed by atoms with Gasteiger partial charge in [0, 0.05) is 26.2 Å². The molecule has 9 heteroatoms. The number of anilines is 2. The zero-order valence-corrected chi connectivity index (χ0v) is 14.4. The number of rotatable bonds is 6. The Kier molecular flexibility index (Phi) is 4.99. The molecule has 0 spiro atoms. The maximum Gasteiger partial charge on any atom is 0.270 e. The van der Waals surface area contributed by atoms with Crippen molar-refractivity contribution in [2.24, 2.45) is 12.8 Å². The number of nitrogens with one attached hydrogen (secondary N) is 2. The predicted molar refractivity (Wildman–Crippen MR) is 89.8 cm³/mol. The summed E-state index contributed by atoms with van der Waals surface area (Å²) in [5.41, 5.74) is 8.39. The van der Waals surface area contributed by atoms with E-state index in [1.54, 1.807) is 11.7 Å². The number of primary amides is 1. The lowest BCUT2D eigenvalue weighted by Gasteiger charge is -2.04. The van der Waals surface area contributed by atoms with Crippen molar-refractivity contribution in [1.82, 2.24) is 14.8 Å². The van der Waals surface area contributed by atoms with Crippen LogP contribution >= 0.6 is 11.3 Å². The first-order valence-corrected chi connectivity index (χ1v) is 7.92. The van der Waals surface area contributed by atoms with Gasteiger partial charge in [0.2, 0.25) is 5.91 Å². The molecule has 0 saturated carbocycles. The third-order valence-electron chi connectivity index (χ3n) is 3.59. The molecule has 0 aliphatic rings. The van der Waals surface area contributed by atoms with Gasteiger partial charge in [-0.1, -0.05) is 11.3 Å². The van der Waals surface area contributed by atoms with Crippen molar-refractivity contribution in [1.29, 1.82) is 0 Å². The lowest BCUT2D eigenvalue weighted by Crippen LogP contribution is -2.17. The van der Waals surface area contributed by atoms with Crippen LogP contribution in [0, 0.1) is 13.8 Å². The van der Waals surface area contributed by atoms with Crippen molar-refractivity contribution >= 4 is 33.3 Å². The van der Waals surface area contributed by atoms with Crippen LogP contribution in [0.2, 0.25) is 0 Å². The minimum atomic E-state index is -0.669. The van der Waals surface area contributed by atoms with Gasteiger partial charge in [0.1, 0.15) is 5.00 Å². The predicted octanol–water partition coefficient (Wildman–Crippen LogP) is 1.21. The van der Waals surface area contributed by atoms with Gasteiger partial charge in [-0.15, -0.1) is 0 Å². The number of carbonyl (C=O) groups is 2. The average Bonchev–Trinajstić information content (AvgIpc) is 2.99. The standard InChI is InChI=1S/C14H20N6O2S/c1-7-9(8(2)20(4)19-7)5-6-10(21)17-13-11(12(15)22)18-14(16-3)23-13/h5-6H2,1-4H3,(H2,15,22)(H,16,18)(H,17,21). The summed E-state index contributed by atoms with van der Waals surface area (Å²) in [5, 5.41) is 10.8. The minimum Gasteiger partial charge on any atom is -0.365 e. The van der Waals surface area contributed by atoms with E-state index in [2.05, 4.69) is 20.7 Å². The second-order valence-electron chi connectivity index (χ2n) is 5.13. The van der Waals surface area contributed by atoms with E-state index in [9.17, 15) is 9.59 Å². The van der Waals surface area contributed by atoms with Gasteiger partial charge in [0.15, 0.2) is 10.8 Å². The Labute approximate surface area is 138 Å². The van der Waals surface area contributed by atoms with Crippen LogP contribution in [0.4, 0.5) is 10.1 Å². The first-order chi connectivity index (χ1) is 10.8. The number of aromatic nitrogens is 3. The molecule has 0 aliphatic heterocycles. The van der Waals surface area contributed by atoms with Crippen LogP contribution in [0.5, 0.6) is 0 Å². The van der Waals surface area contributed by atoms with E-state index in [-0.39, 0.29) is 11.6 Å². The van der Waals surface area contributed by atoms with Crippen molar-refractivity contribution in [3.8, 4) is 0 Å². The lowest BCUT2D eigenvalue weighted by molar-refractivity contribution is -0.116. The minimum absolute atomic E-state index is 0.0708. The normalized spacial score (nSPS) is 10.6. The van der Waals surface area contributed by atoms with Gasteiger partial charge in [-0.2, -0.15) is 5.10 Å². The molecule has 2 aromatic heterocycles. The monoisotopic (exact) mass is 336 g/mol. The molecule has 2 amide bonds. The summed E-state index contributed by atoms with van der Waals surface area (Å²) >= 11 is 1.18. The van der Waals surface area contributed by atoms with Crippen molar-refractivity contribution < 1.29 is 9.59 Å². The quantitative estimate of drug-likeness (QED) is 0.733. The van der Waals surface area contributed by atoms with Gasteiger partial charge in [0.05, 0.1) is 5.69 Å². The molecule has 2 rings (SSSR count). The number of thiazole rings is 1. The summed E-state index contributed by atoms with van der Waals surface area (Å²) in [6.45, 7) is 3.90. The molecule has 0 bridgehead atoms. The summed E-state index contributed by atoms with van der Waals surface area (Å²) < 4.78 is 1.80. The molecular formula is C14H20N6O2S. The lowest BCUT2D eigenvalue weighted by atomic mass is 10.1. The SMILES string of the molecule is CNc1nc(C(N)=O)c(NC(=O)CCc2c(C)nn(C)c2C)s1. The zero-order chi connectivity index (χ0) is 17.1. The van der Waals surface area contributed by atoms with E-state index in [0.717, 1.165) is 17.0 Å². The van der Waals surface area contributed by atoms with Gasteiger partial charge in [0.25, 0.3) is 5.91 Å². The summed E-state index contributed by atoms with van der Waals surface area (Å²) in [6.07, 6.45) is 0.874. The van der Waals surface area contributed by atoms with Gasteiger partial charge >= 0.3 is 0 Å². The van der Waals surface area contributed by atoms with Crippen molar-refractivity contribution in [3.63, 3.8) is 0 Å². The fourth-order valence-electron chi connectivity index (χ4n) is 2.29. The Morgan fingerprint density at radius 3 is 2.57 bits per heavy atom. The topological polar surface area (TPSA) is 115 Å². The van der Waals surface area contributed by atoms with Gasteiger partial charge in [-0.3, -0.25) is 14.3 Å². The Balaban J connectivity index is 2.05. The fraction of sp³-hybridized carbons (Fsp3) is 0.429. The molecule has 2 heterocycles. The molecule has 0 unspecified atom stereocenters. The first-order valence-electron chi connectivity index (χ1n) is 7.10. The van der Waals surface area contributed by atoms with Crippen molar-refractivity contribution in [2.75, 3.05) is 17.7 Å². The van der Waals surface area contributed by atoms with Gasteiger partial charge in [-0.25, -0.2) is 4.98 Å². The highest BCUT2D eigenvalue weighted by Gasteiger charge is 2.18. The average molecular weight is 336 g/mol. The molecule has 2 aromatic rings. The van der Waals surface area contributed by atoms with E-state index >= 15 is 0 Å². The van der Waals surface area contributed by atoms with Crippen LogP contribution in [0.1, 0.15) is 33.9 Å². The van der Waals surface area contributed by atoms with Crippen LogP contribution < -0.4 is 16.4 Å². The highest BCUT2D eigenvalue weighted by Crippen LogP contribution is 2.28. The number of nitrogens with two attached hydrogens (primary N) is 1. The Morgan fingerprint density at radius 1 is 1.35 bits per heavy atom. The number of hydrogen-bond acceptors (Lipinski definition) is 6. The molecule has 0 aromatic carbocycles. The number of nitrogens with zero attached hydrogens (tertiary/aromatic N) is 3. The molecule has 0 saturated heterocycles. The molecule has 0 radical (unpaired) electrons. The van der Waals surface area contributed by atoms with Crippen LogP contribution in [0.3, 0.4) is 0 Å². The van der Waals surface area contributed by atoms with E-state index in [4.69, 9.17) is 5.73 Å². The van der Waals surface area contributed by atoms with E-state index < -0.39 is 5.91 Å². The summed E-state index contributed by atoms with van der Waals surface area (Å²) in [6, 6.07) is 0. The molecule has 8 nitrogen and oxygen atoms in total. The molecule has 0 fully saturated rings. The molecule has 4 N–H and O–H groups in total. The Morgan fingerprint density at radius 2 is 2.04 bits per heavy atom. The van der Waals surface area contributed by atoms with Crippen LogP contribution in [-0.2, 0) is 18.3 Å².